The number of nitrogens with one attached hydrogen (secondary N) is 1. The van der Waals surface area contributed by atoms with Crippen LogP contribution in [-0.2, 0) is 6.42 Å². The van der Waals surface area contributed by atoms with E-state index in [2.05, 4.69) is 27.2 Å². The highest BCUT2D eigenvalue weighted by Crippen LogP contribution is 2.19. The van der Waals surface area contributed by atoms with Crippen LogP contribution in [0.25, 0.3) is 0 Å². The zero-order valence-corrected chi connectivity index (χ0v) is 16.3. The second kappa shape index (κ2) is 8.69. The lowest BCUT2D eigenvalue weighted by molar-refractivity contribution is 0.0730. The Morgan fingerprint density at radius 2 is 2.15 bits per heavy atom. The van der Waals surface area contributed by atoms with Crippen molar-refractivity contribution >= 4 is 17.5 Å². The molecule has 1 aliphatic heterocycles. The third kappa shape index (κ3) is 4.86. The third-order valence-corrected chi connectivity index (χ3v) is 5.42. The van der Waals surface area contributed by atoms with Crippen molar-refractivity contribution in [1.82, 2.24) is 20.0 Å². The molecule has 0 spiro atoms. The predicted octanol–water partition coefficient (Wildman–Crippen LogP) is 3.40. The zero-order chi connectivity index (χ0) is 18.5. The lowest BCUT2D eigenvalue weighted by Crippen LogP contribution is -2.42. The summed E-state index contributed by atoms with van der Waals surface area (Å²) in [5, 5.41) is 7.58. The Morgan fingerprint density at radius 1 is 1.38 bits per heavy atom. The number of likely N-dealkylation sites (tertiary alicyclic amines) is 1. The summed E-state index contributed by atoms with van der Waals surface area (Å²) in [5.74, 6) is 0.574. The summed E-state index contributed by atoms with van der Waals surface area (Å²) in [6.45, 7) is 5.92. The molecule has 1 aromatic heterocycles. The van der Waals surface area contributed by atoms with Crippen LogP contribution in [0.5, 0.6) is 0 Å². The van der Waals surface area contributed by atoms with Crippen molar-refractivity contribution in [2.45, 2.75) is 26.2 Å². The molecule has 0 aliphatic carbocycles. The topological polar surface area (TPSA) is 52.2 Å². The highest BCUT2D eigenvalue weighted by molar-refractivity contribution is 6.30. The van der Waals surface area contributed by atoms with Gasteiger partial charge in [-0.3, -0.25) is 9.89 Å². The molecule has 1 atom stereocenters. The Kier molecular flexibility index (Phi) is 6.33. The van der Waals surface area contributed by atoms with Crippen molar-refractivity contribution in [3.05, 3.63) is 52.3 Å². The van der Waals surface area contributed by atoms with Crippen LogP contribution in [0.3, 0.4) is 0 Å². The zero-order valence-electron chi connectivity index (χ0n) is 15.5. The number of amides is 1. The van der Waals surface area contributed by atoms with Crippen LogP contribution in [0, 0.1) is 12.8 Å². The molecule has 6 heteroatoms. The molecule has 1 N–H and O–H groups in total. The Balaban J connectivity index is 1.49. The second-order valence-corrected chi connectivity index (χ2v) is 7.72. The molecule has 3 rings (SSSR count). The number of halogens is 1. The molecular formula is C20H27ClN4O. The minimum absolute atomic E-state index is 0.0505. The van der Waals surface area contributed by atoms with E-state index < -0.39 is 0 Å². The van der Waals surface area contributed by atoms with Crippen LogP contribution in [-0.4, -0.2) is 59.1 Å². The van der Waals surface area contributed by atoms with Crippen LogP contribution in [0.2, 0.25) is 5.02 Å². The van der Waals surface area contributed by atoms with Crippen molar-refractivity contribution in [1.29, 1.82) is 0 Å². The van der Waals surface area contributed by atoms with Gasteiger partial charge in [0.1, 0.15) is 0 Å². The molecule has 1 saturated heterocycles. The van der Waals surface area contributed by atoms with Gasteiger partial charge >= 0.3 is 0 Å². The summed E-state index contributed by atoms with van der Waals surface area (Å²) in [6, 6.07) is 8.11. The number of carbonyl (C=O) groups is 1. The van der Waals surface area contributed by atoms with E-state index in [0.717, 1.165) is 43.3 Å². The number of benzene rings is 1. The van der Waals surface area contributed by atoms with Gasteiger partial charge in [0.05, 0.1) is 11.8 Å². The molecule has 1 unspecified atom stereocenters. The normalized spacial score (nSPS) is 18.0. The maximum absolute atomic E-state index is 12.6. The van der Waals surface area contributed by atoms with Crippen LogP contribution in [0.4, 0.5) is 0 Å². The molecule has 5 nitrogen and oxygen atoms in total. The SMILES string of the molecule is Cc1[nH]ncc1C(=O)N(C)CC1CCCN(CCc2ccc(Cl)cc2)C1. The third-order valence-electron chi connectivity index (χ3n) is 5.17. The summed E-state index contributed by atoms with van der Waals surface area (Å²) in [7, 11) is 1.89. The molecule has 0 bridgehead atoms. The van der Waals surface area contributed by atoms with Gasteiger partial charge in [0, 0.05) is 37.4 Å². The average molecular weight is 375 g/mol. The molecule has 1 aliphatic rings. The average Bonchev–Trinajstić information content (AvgIpc) is 3.07. The van der Waals surface area contributed by atoms with Gasteiger partial charge in [-0.2, -0.15) is 5.10 Å². The molecular weight excluding hydrogens is 348 g/mol. The minimum Gasteiger partial charge on any atom is -0.341 e. The molecule has 0 radical (unpaired) electrons. The highest BCUT2D eigenvalue weighted by Gasteiger charge is 2.24. The first-order valence-corrected chi connectivity index (χ1v) is 9.63. The monoisotopic (exact) mass is 374 g/mol. The standard InChI is InChI=1S/C20H27ClN4O/c1-15-19(12-22-23-15)20(26)24(2)13-17-4-3-10-25(14-17)11-9-16-5-7-18(21)8-6-16/h5-8,12,17H,3-4,9-11,13-14H2,1-2H3,(H,22,23). The number of piperidine rings is 1. The fraction of sp³-hybridized carbons (Fsp3) is 0.500. The fourth-order valence-electron chi connectivity index (χ4n) is 3.68. The molecule has 2 heterocycles. The van der Waals surface area contributed by atoms with E-state index in [0.29, 0.717) is 11.5 Å². The van der Waals surface area contributed by atoms with E-state index in [1.54, 1.807) is 6.20 Å². The van der Waals surface area contributed by atoms with E-state index >= 15 is 0 Å². The van der Waals surface area contributed by atoms with Gasteiger partial charge < -0.3 is 9.80 Å². The number of carbonyl (C=O) groups excluding carboxylic acids is 1. The molecule has 1 amide bonds. The Morgan fingerprint density at radius 3 is 2.85 bits per heavy atom. The Hall–Kier alpha value is -1.85. The van der Waals surface area contributed by atoms with Gasteiger partial charge in [-0.05, 0) is 56.3 Å². The largest absolute Gasteiger partial charge is 0.341 e. The lowest BCUT2D eigenvalue weighted by Gasteiger charge is -2.34. The van der Waals surface area contributed by atoms with Crippen LogP contribution >= 0.6 is 11.6 Å². The molecule has 2 aromatic rings. The summed E-state index contributed by atoms with van der Waals surface area (Å²) in [4.78, 5) is 16.9. The quantitative estimate of drug-likeness (QED) is 0.843. The molecule has 1 aromatic carbocycles. The van der Waals surface area contributed by atoms with E-state index in [-0.39, 0.29) is 5.91 Å². The Bertz CT molecular complexity index is 728. The lowest BCUT2D eigenvalue weighted by atomic mass is 9.97. The van der Waals surface area contributed by atoms with Crippen molar-refractivity contribution in [3.63, 3.8) is 0 Å². The smallest absolute Gasteiger partial charge is 0.257 e. The number of rotatable bonds is 6. The van der Waals surface area contributed by atoms with E-state index in [4.69, 9.17) is 11.6 Å². The van der Waals surface area contributed by atoms with Crippen molar-refractivity contribution in [2.75, 3.05) is 33.2 Å². The minimum atomic E-state index is 0.0505. The summed E-state index contributed by atoms with van der Waals surface area (Å²) >= 11 is 5.95. The number of hydrogen-bond donors (Lipinski definition) is 1. The fourth-order valence-corrected chi connectivity index (χ4v) is 3.81. The van der Waals surface area contributed by atoms with Crippen LogP contribution < -0.4 is 0 Å². The van der Waals surface area contributed by atoms with Gasteiger partial charge in [-0.15, -0.1) is 0 Å². The van der Waals surface area contributed by atoms with Gasteiger partial charge in [-0.25, -0.2) is 0 Å². The molecule has 26 heavy (non-hydrogen) atoms. The first kappa shape index (κ1) is 18.9. The number of aromatic amines is 1. The van der Waals surface area contributed by atoms with Gasteiger partial charge in [-0.1, -0.05) is 23.7 Å². The highest BCUT2D eigenvalue weighted by atomic mass is 35.5. The van der Waals surface area contributed by atoms with Crippen molar-refractivity contribution < 1.29 is 4.79 Å². The molecule has 0 saturated carbocycles. The van der Waals surface area contributed by atoms with Crippen LogP contribution in [0.1, 0.15) is 34.5 Å². The maximum Gasteiger partial charge on any atom is 0.257 e. The molecule has 1 fully saturated rings. The first-order valence-electron chi connectivity index (χ1n) is 9.25. The van der Waals surface area contributed by atoms with E-state index in [1.165, 1.54) is 18.4 Å². The summed E-state index contributed by atoms with van der Waals surface area (Å²) in [5.41, 5.74) is 2.82. The number of hydrogen-bond acceptors (Lipinski definition) is 3. The Labute approximate surface area is 160 Å². The number of H-pyrrole nitrogens is 1. The summed E-state index contributed by atoms with van der Waals surface area (Å²) < 4.78 is 0. The van der Waals surface area contributed by atoms with Gasteiger partial charge in [0.25, 0.3) is 5.91 Å². The number of aryl methyl sites for hydroxylation is 1. The second-order valence-electron chi connectivity index (χ2n) is 7.28. The molecule has 140 valence electrons. The predicted molar refractivity (Wildman–Crippen MR) is 105 cm³/mol. The maximum atomic E-state index is 12.6. The van der Waals surface area contributed by atoms with Crippen molar-refractivity contribution in [2.24, 2.45) is 5.92 Å². The van der Waals surface area contributed by atoms with E-state index in [9.17, 15) is 4.79 Å². The van der Waals surface area contributed by atoms with Gasteiger partial charge in [0.2, 0.25) is 0 Å². The first-order chi connectivity index (χ1) is 12.5. The van der Waals surface area contributed by atoms with Gasteiger partial charge in [0.15, 0.2) is 0 Å². The van der Waals surface area contributed by atoms with Crippen LogP contribution in [0.15, 0.2) is 30.5 Å². The van der Waals surface area contributed by atoms with E-state index in [1.807, 2.05) is 31.0 Å². The number of aromatic nitrogens is 2. The summed E-state index contributed by atoms with van der Waals surface area (Å²) in [6.07, 6.45) is 5.03. The number of nitrogens with zero attached hydrogens (tertiary/aromatic N) is 3. The van der Waals surface area contributed by atoms with Crippen molar-refractivity contribution in [3.8, 4) is 0 Å².